The number of pyridine rings is 1. The van der Waals surface area contributed by atoms with Crippen molar-refractivity contribution in [1.29, 1.82) is 0 Å². The van der Waals surface area contributed by atoms with Gasteiger partial charge in [-0.15, -0.1) is 0 Å². The van der Waals surface area contributed by atoms with E-state index in [-0.39, 0.29) is 17.2 Å². The molecular weight excluding hydrogens is 360 g/mol. The molecular formula is C17H11F6N3. The van der Waals surface area contributed by atoms with Gasteiger partial charge in [0.2, 0.25) is 0 Å². The molecule has 0 aliphatic carbocycles. The maximum Gasteiger partial charge on any atom is 0.435 e. The Morgan fingerprint density at radius 1 is 0.846 bits per heavy atom. The number of benzene rings is 1. The number of hydrogen-bond acceptors (Lipinski definition) is 2. The van der Waals surface area contributed by atoms with Gasteiger partial charge in [0, 0.05) is 11.3 Å². The molecule has 0 saturated heterocycles. The van der Waals surface area contributed by atoms with E-state index in [0.29, 0.717) is 11.6 Å². The van der Waals surface area contributed by atoms with Crippen molar-refractivity contribution in [3.05, 3.63) is 65.5 Å². The van der Waals surface area contributed by atoms with E-state index < -0.39 is 23.6 Å². The smallest absolute Gasteiger partial charge is 0.234 e. The van der Waals surface area contributed by atoms with Crippen LogP contribution in [0.3, 0.4) is 0 Å². The first kappa shape index (κ1) is 18.0. The summed E-state index contributed by atoms with van der Waals surface area (Å²) in [6, 6.07) is 10.2. The summed E-state index contributed by atoms with van der Waals surface area (Å²) in [5.41, 5.74) is -1.86. The number of alkyl halides is 6. The van der Waals surface area contributed by atoms with Crippen LogP contribution in [0.2, 0.25) is 0 Å². The zero-order valence-electron chi connectivity index (χ0n) is 13.2. The van der Waals surface area contributed by atoms with Crippen molar-refractivity contribution in [2.24, 2.45) is 0 Å². The summed E-state index contributed by atoms with van der Waals surface area (Å²) in [6.45, 7) is 1.33. The Hall–Kier alpha value is -2.84. The SMILES string of the molecule is Cc1cc(C(F)(F)F)cc(-n2nc(C(F)(F)F)cc2-c2ccccc2)n1. The minimum atomic E-state index is -4.74. The first-order valence-electron chi connectivity index (χ1n) is 7.34. The topological polar surface area (TPSA) is 30.7 Å². The van der Waals surface area contributed by atoms with E-state index in [1.165, 1.54) is 19.1 Å². The van der Waals surface area contributed by atoms with E-state index in [1.807, 2.05) is 0 Å². The minimum Gasteiger partial charge on any atom is -0.234 e. The molecule has 1 aromatic carbocycles. The molecule has 26 heavy (non-hydrogen) atoms. The van der Waals surface area contributed by atoms with E-state index in [9.17, 15) is 26.3 Å². The normalized spacial score (nSPS) is 12.4. The van der Waals surface area contributed by atoms with Crippen molar-refractivity contribution in [2.75, 3.05) is 0 Å². The van der Waals surface area contributed by atoms with Gasteiger partial charge in [0.25, 0.3) is 0 Å². The second-order valence-electron chi connectivity index (χ2n) is 5.54. The van der Waals surface area contributed by atoms with Crippen LogP contribution in [0.25, 0.3) is 17.1 Å². The Bertz CT molecular complexity index is 926. The number of aryl methyl sites for hydroxylation is 1. The van der Waals surface area contributed by atoms with E-state index in [1.54, 1.807) is 18.2 Å². The fourth-order valence-electron chi connectivity index (χ4n) is 2.43. The fourth-order valence-corrected chi connectivity index (χ4v) is 2.43. The van der Waals surface area contributed by atoms with Crippen LogP contribution in [0.1, 0.15) is 17.0 Å². The van der Waals surface area contributed by atoms with Gasteiger partial charge >= 0.3 is 12.4 Å². The lowest BCUT2D eigenvalue weighted by atomic mass is 10.1. The molecule has 0 aliphatic heterocycles. The molecule has 0 fully saturated rings. The predicted molar refractivity (Wildman–Crippen MR) is 81.5 cm³/mol. The van der Waals surface area contributed by atoms with Gasteiger partial charge in [0.15, 0.2) is 11.5 Å². The van der Waals surface area contributed by atoms with E-state index in [0.717, 1.165) is 16.8 Å². The first-order valence-corrected chi connectivity index (χ1v) is 7.34. The monoisotopic (exact) mass is 371 g/mol. The summed E-state index contributed by atoms with van der Waals surface area (Å²) in [5.74, 6) is -0.341. The molecule has 0 aliphatic rings. The summed E-state index contributed by atoms with van der Waals surface area (Å²) in [7, 11) is 0. The second-order valence-corrected chi connectivity index (χ2v) is 5.54. The lowest BCUT2D eigenvalue weighted by Crippen LogP contribution is -2.11. The first-order chi connectivity index (χ1) is 12.1. The zero-order chi connectivity index (χ0) is 19.1. The van der Waals surface area contributed by atoms with Crippen LogP contribution in [-0.4, -0.2) is 14.8 Å². The molecule has 0 bridgehead atoms. The zero-order valence-corrected chi connectivity index (χ0v) is 13.2. The highest BCUT2D eigenvalue weighted by Gasteiger charge is 2.36. The van der Waals surface area contributed by atoms with Gasteiger partial charge in [0.05, 0.1) is 11.3 Å². The quantitative estimate of drug-likeness (QED) is 0.574. The summed E-state index contributed by atoms with van der Waals surface area (Å²) < 4.78 is 79.2. The van der Waals surface area contributed by atoms with Gasteiger partial charge in [-0.3, -0.25) is 0 Å². The molecule has 9 heteroatoms. The molecule has 0 spiro atoms. The molecule has 3 rings (SSSR count). The largest absolute Gasteiger partial charge is 0.435 e. The van der Waals surface area contributed by atoms with Crippen molar-refractivity contribution in [1.82, 2.24) is 14.8 Å². The molecule has 0 radical (unpaired) electrons. The number of halogens is 6. The molecule has 0 unspecified atom stereocenters. The average molecular weight is 371 g/mol. The molecule has 2 heterocycles. The van der Waals surface area contributed by atoms with Crippen molar-refractivity contribution in [3.8, 4) is 17.1 Å². The van der Waals surface area contributed by atoms with Crippen LogP contribution >= 0.6 is 0 Å². The van der Waals surface area contributed by atoms with Gasteiger partial charge in [-0.2, -0.15) is 31.4 Å². The third-order valence-electron chi connectivity index (χ3n) is 3.55. The fraction of sp³-hybridized carbons (Fsp3) is 0.176. The molecule has 0 atom stereocenters. The Morgan fingerprint density at radius 2 is 1.50 bits per heavy atom. The van der Waals surface area contributed by atoms with Crippen molar-refractivity contribution in [3.63, 3.8) is 0 Å². The molecule has 3 aromatic rings. The van der Waals surface area contributed by atoms with Crippen LogP contribution < -0.4 is 0 Å². The molecule has 2 aromatic heterocycles. The third-order valence-corrected chi connectivity index (χ3v) is 3.55. The lowest BCUT2D eigenvalue weighted by Gasteiger charge is -2.12. The maximum atomic E-state index is 13.1. The number of aromatic nitrogens is 3. The van der Waals surface area contributed by atoms with E-state index >= 15 is 0 Å². The van der Waals surface area contributed by atoms with Gasteiger partial charge in [-0.05, 0) is 25.1 Å². The highest BCUT2D eigenvalue weighted by atomic mass is 19.4. The van der Waals surface area contributed by atoms with Crippen LogP contribution in [0, 0.1) is 6.92 Å². The van der Waals surface area contributed by atoms with Gasteiger partial charge < -0.3 is 0 Å². The van der Waals surface area contributed by atoms with Crippen molar-refractivity contribution < 1.29 is 26.3 Å². The Morgan fingerprint density at radius 3 is 2.08 bits per heavy atom. The highest BCUT2D eigenvalue weighted by molar-refractivity contribution is 5.62. The second kappa shape index (κ2) is 6.15. The van der Waals surface area contributed by atoms with Crippen LogP contribution in [0.5, 0.6) is 0 Å². The molecule has 136 valence electrons. The summed E-state index contributed by atoms with van der Waals surface area (Å²) in [5, 5.41) is 3.45. The van der Waals surface area contributed by atoms with Gasteiger partial charge in [-0.1, -0.05) is 30.3 Å². The predicted octanol–water partition coefficient (Wildman–Crippen LogP) is 5.28. The Balaban J connectivity index is 2.25. The minimum absolute atomic E-state index is 0.0100. The summed E-state index contributed by atoms with van der Waals surface area (Å²) in [6.07, 6.45) is -9.40. The standard InChI is InChI=1S/C17H11F6N3/c1-10-7-12(16(18,19)20)8-15(24-10)26-13(11-5-3-2-4-6-11)9-14(25-26)17(21,22)23/h2-9H,1H3. The molecule has 0 N–H and O–H groups in total. The van der Waals surface area contributed by atoms with Crippen LogP contribution in [-0.2, 0) is 12.4 Å². The van der Waals surface area contributed by atoms with E-state index in [2.05, 4.69) is 10.1 Å². The molecule has 3 nitrogen and oxygen atoms in total. The Kier molecular flexibility index (Phi) is 4.25. The summed E-state index contributed by atoms with van der Waals surface area (Å²) in [4.78, 5) is 3.93. The molecule has 0 amide bonds. The number of rotatable bonds is 2. The number of hydrogen-bond donors (Lipinski definition) is 0. The van der Waals surface area contributed by atoms with Crippen LogP contribution in [0.4, 0.5) is 26.3 Å². The Labute approximate surface area is 143 Å². The van der Waals surface area contributed by atoms with Crippen molar-refractivity contribution >= 4 is 0 Å². The third kappa shape index (κ3) is 3.56. The highest BCUT2D eigenvalue weighted by Crippen LogP contribution is 2.34. The summed E-state index contributed by atoms with van der Waals surface area (Å²) >= 11 is 0. The van der Waals surface area contributed by atoms with Crippen molar-refractivity contribution in [2.45, 2.75) is 19.3 Å². The van der Waals surface area contributed by atoms with Gasteiger partial charge in [0.1, 0.15) is 0 Å². The maximum absolute atomic E-state index is 13.1. The average Bonchev–Trinajstić information content (AvgIpc) is 3.00. The van der Waals surface area contributed by atoms with Crippen LogP contribution in [0.15, 0.2) is 48.5 Å². The molecule has 0 saturated carbocycles. The lowest BCUT2D eigenvalue weighted by molar-refractivity contribution is -0.141. The van der Waals surface area contributed by atoms with E-state index in [4.69, 9.17) is 0 Å². The number of nitrogens with zero attached hydrogens (tertiary/aromatic N) is 3. The van der Waals surface area contributed by atoms with Gasteiger partial charge in [-0.25, -0.2) is 9.67 Å².